The maximum atomic E-state index is 5.22. The lowest BCUT2D eigenvalue weighted by molar-refractivity contribution is 0.162. The molecule has 3 rings (SSSR count). The maximum absolute atomic E-state index is 5.22. The Kier molecular flexibility index (Phi) is 5.34. The molecule has 0 aliphatic carbocycles. The Bertz CT molecular complexity index is 605. The summed E-state index contributed by atoms with van der Waals surface area (Å²) >= 11 is 0. The van der Waals surface area contributed by atoms with E-state index in [4.69, 9.17) is 4.74 Å². The molecule has 2 aromatic rings. The van der Waals surface area contributed by atoms with Crippen LogP contribution in [0.1, 0.15) is 30.4 Å². The van der Waals surface area contributed by atoms with E-state index < -0.39 is 0 Å². The largest absolute Gasteiger partial charge is 0.497 e. The Morgan fingerprint density at radius 2 is 2.04 bits per heavy atom. The van der Waals surface area contributed by atoms with Crippen molar-refractivity contribution in [3.8, 4) is 5.75 Å². The second-order valence-electron chi connectivity index (χ2n) is 6.65. The second kappa shape index (κ2) is 7.64. The predicted octanol–water partition coefficient (Wildman–Crippen LogP) is 3.27. The van der Waals surface area contributed by atoms with Crippen LogP contribution in [0, 0.1) is 5.92 Å². The van der Waals surface area contributed by atoms with Crippen LogP contribution in [0.3, 0.4) is 0 Å². The first-order chi connectivity index (χ1) is 11.2. The van der Waals surface area contributed by atoms with Crippen LogP contribution in [0.2, 0.25) is 0 Å². The van der Waals surface area contributed by atoms with Gasteiger partial charge < -0.3 is 4.74 Å². The van der Waals surface area contributed by atoms with Crippen LogP contribution in [0.15, 0.2) is 36.7 Å². The minimum Gasteiger partial charge on any atom is -0.497 e. The number of ether oxygens (including phenoxy) is 1. The van der Waals surface area contributed by atoms with Crippen LogP contribution >= 0.6 is 0 Å². The third-order valence-electron chi connectivity index (χ3n) is 4.77. The van der Waals surface area contributed by atoms with Crippen molar-refractivity contribution in [1.29, 1.82) is 0 Å². The van der Waals surface area contributed by atoms with Gasteiger partial charge in [-0.05, 0) is 55.8 Å². The highest BCUT2D eigenvalue weighted by atomic mass is 16.5. The highest BCUT2D eigenvalue weighted by molar-refractivity contribution is 5.27. The van der Waals surface area contributed by atoms with Crippen molar-refractivity contribution in [2.45, 2.75) is 32.2 Å². The summed E-state index contributed by atoms with van der Waals surface area (Å²) in [6.45, 7) is 3.46. The zero-order valence-corrected chi connectivity index (χ0v) is 14.2. The minimum absolute atomic E-state index is 0.808. The summed E-state index contributed by atoms with van der Waals surface area (Å²) in [5.41, 5.74) is 2.73. The normalized spacial score (nSPS) is 19.0. The summed E-state index contributed by atoms with van der Waals surface area (Å²) < 4.78 is 7.11. The van der Waals surface area contributed by atoms with Gasteiger partial charge in [0.1, 0.15) is 5.75 Å². The number of aromatic nitrogens is 2. The van der Waals surface area contributed by atoms with E-state index in [1.807, 2.05) is 17.9 Å². The van der Waals surface area contributed by atoms with Gasteiger partial charge in [-0.1, -0.05) is 12.1 Å². The van der Waals surface area contributed by atoms with Crippen LogP contribution < -0.4 is 4.74 Å². The van der Waals surface area contributed by atoms with Crippen molar-refractivity contribution >= 4 is 0 Å². The molecule has 1 atom stereocenters. The monoisotopic (exact) mass is 313 g/mol. The lowest BCUT2D eigenvalue weighted by Crippen LogP contribution is -2.35. The molecule has 23 heavy (non-hydrogen) atoms. The fourth-order valence-corrected chi connectivity index (χ4v) is 3.51. The van der Waals surface area contributed by atoms with Crippen molar-refractivity contribution in [2.75, 3.05) is 20.2 Å². The minimum atomic E-state index is 0.808. The molecule has 0 unspecified atom stereocenters. The average Bonchev–Trinajstić information content (AvgIpc) is 2.99. The van der Waals surface area contributed by atoms with Gasteiger partial charge >= 0.3 is 0 Å². The van der Waals surface area contributed by atoms with E-state index in [0.29, 0.717) is 0 Å². The van der Waals surface area contributed by atoms with Crippen LogP contribution in [0.25, 0.3) is 0 Å². The third-order valence-corrected chi connectivity index (χ3v) is 4.77. The number of piperidine rings is 1. The molecule has 0 amide bonds. The van der Waals surface area contributed by atoms with Gasteiger partial charge in [-0.3, -0.25) is 9.58 Å². The second-order valence-corrected chi connectivity index (χ2v) is 6.65. The van der Waals surface area contributed by atoms with E-state index in [1.165, 1.54) is 43.5 Å². The molecular formula is C19H27N3O. The van der Waals surface area contributed by atoms with Gasteiger partial charge in [-0.2, -0.15) is 5.10 Å². The molecule has 0 saturated carbocycles. The Hall–Kier alpha value is -1.81. The van der Waals surface area contributed by atoms with Crippen LogP contribution in [-0.4, -0.2) is 34.9 Å². The van der Waals surface area contributed by atoms with E-state index in [9.17, 15) is 0 Å². The van der Waals surface area contributed by atoms with E-state index >= 15 is 0 Å². The van der Waals surface area contributed by atoms with E-state index in [1.54, 1.807) is 7.11 Å². The standard InChI is InChI=1S/C19H27N3O/c1-21-13-18(12-20-21)15-22-11-3-4-17(14-22)6-5-16-7-9-19(23-2)10-8-16/h7-10,12-13,17H,3-6,11,14-15H2,1-2H3/t17-/m0/s1. The summed E-state index contributed by atoms with van der Waals surface area (Å²) in [4.78, 5) is 2.58. The number of rotatable bonds is 6. The summed E-state index contributed by atoms with van der Waals surface area (Å²) in [5, 5.41) is 4.27. The molecule has 1 saturated heterocycles. The zero-order chi connectivity index (χ0) is 16.1. The molecule has 4 heteroatoms. The number of hydrogen-bond acceptors (Lipinski definition) is 3. The lowest BCUT2D eigenvalue weighted by atomic mass is 9.91. The van der Waals surface area contributed by atoms with Crippen LogP contribution in [0.4, 0.5) is 0 Å². The van der Waals surface area contributed by atoms with Gasteiger partial charge in [-0.25, -0.2) is 0 Å². The SMILES string of the molecule is COc1ccc(CC[C@@H]2CCCN(Cc3cnn(C)c3)C2)cc1. The third kappa shape index (κ3) is 4.58. The molecule has 2 heterocycles. The number of hydrogen-bond donors (Lipinski definition) is 0. The van der Waals surface area contributed by atoms with Gasteiger partial charge in [0.05, 0.1) is 13.3 Å². The quantitative estimate of drug-likeness (QED) is 0.820. The summed E-state index contributed by atoms with van der Waals surface area (Å²) in [6, 6.07) is 8.50. The number of nitrogens with zero attached hydrogens (tertiary/aromatic N) is 3. The molecule has 0 radical (unpaired) electrons. The Morgan fingerprint density at radius 1 is 1.22 bits per heavy atom. The average molecular weight is 313 g/mol. The fraction of sp³-hybridized carbons (Fsp3) is 0.526. The van der Waals surface area contributed by atoms with E-state index in [0.717, 1.165) is 24.6 Å². The molecule has 4 nitrogen and oxygen atoms in total. The summed E-state index contributed by atoms with van der Waals surface area (Å²) in [7, 11) is 3.70. The van der Waals surface area contributed by atoms with Gasteiger partial charge in [0.15, 0.2) is 0 Å². The van der Waals surface area contributed by atoms with Crippen LogP contribution in [0.5, 0.6) is 5.75 Å². The molecule has 1 aliphatic heterocycles. The van der Waals surface area contributed by atoms with E-state index in [-0.39, 0.29) is 0 Å². The summed E-state index contributed by atoms with van der Waals surface area (Å²) in [6.07, 6.45) is 9.22. The number of benzene rings is 1. The topological polar surface area (TPSA) is 30.3 Å². The van der Waals surface area contributed by atoms with Crippen molar-refractivity contribution in [3.63, 3.8) is 0 Å². The van der Waals surface area contributed by atoms with Crippen molar-refractivity contribution in [1.82, 2.24) is 14.7 Å². The number of likely N-dealkylation sites (tertiary alicyclic amines) is 1. The molecule has 1 aromatic carbocycles. The Balaban J connectivity index is 1.48. The van der Waals surface area contributed by atoms with Crippen molar-refractivity contribution in [3.05, 3.63) is 47.8 Å². The Labute approximate surface area is 139 Å². The molecule has 1 aromatic heterocycles. The van der Waals surface area contributed by atoms with Crippen molar-refractivity contribution < 1.29 is 4.74 Å². The van der Waals surface area contributed by atoms with Gasteiger partial charge in [0.25, 0.3) is 0 Å². The first-order valence-electron chi connectivity index (χ1n) is 8.56. The number of aryl methyl sites for hydroxylation is 2. The maximum Gasteiger partial charge on any atom is 0.118 e. The van der Waals surface area contributed by atoms with Gasteiger partial charge in [0.2, 0.25) is 0 Å². The molecule has 1 fully saturated rings. The van der Waals surface area contributed by atoms with Crippen LogP contribution in [-0.2, 0) is 20.0 Å². The van der Waals surface area contributed by atoms with Crippen molar-refractivity contribution in [2.24, 2.45) is 13.0 Å². The number of methoxy groups -OCH3 is 1. The highest BCUT2D eigenvalue weighted by Gasteiger charge is 2.20. The molecule has 0 bridgehead atoms. The molecule has 0 spiro atoms. The molecule has 1 aliphatic rings. The van der Waals surface area contributed by atoms with E-state index in [2.05, 4.69) is 40.5 Å². The fourth-order valence-electron chi connectivity index (χ4n) is 3.51. The van der Waals surface area contributed by atoms with Gasteiger partial charge in [-0.15, -0.1) is 0 Å². The summed E-state index contributed by atoms with van der Waals surface area (Å²) in [5.74, 6) is 1.75. The predicted molar refractivity (Wildman–Crippen MR) is 92.5 cm³/mol. The Morgan fingerprint density at radius 3 is 2.74 bits per heavy atom. The first-order valence-corrected chi connectivity index (χ1v) is 8.56. The lowest BCUT2D eigenvalue weighted by Gasteiger charge is -2.32. The molecule has 124 valence electrons. The smallest absolute Gasteiger partial charge is 0.118 e. The molecular weight excluding hydrogens is 286 g/mol. The zero-order valence-electron chi connectivity index (χ0n) is 14.2. The molecule has 0 N–H and O–H groups in total. The van der Waals surface area contributed by atoms with Gasteiger partial charge in [0, 0.05) is 31.9 Å². The highest BCUT2D eigenvalue weighted by Crippen LogP contribution is 2.23. The first kappa shape index (κ1) is 16.1.